The molecule has 0 saturated heterocycles. The van der Waals surface area contributed by atoms with Crippen LogP contribution in [0.5, 0.6) is 0 Å². The van der Waals surface area contributed by atoms with Gasteiger partial charge in [0.15, 0.2) is 0 Å². The quantitative estimate of drug-likeness (QED) is 0.668. The Hall–Kier alpha value is -2.28. The first-order valence-corrected chi connectivity index (χ1v) is 5.49. The van der Waals surface area contributed by atoms with Gasteiger partial charge >= 0.3 is 5.69 Å². The Morgan fingerprint density at radius 3 is 2.94 bits per heavy atom. The fraction of sp³-hybridized carbons (Fsp3) is 0. The van der Waals surface area contributed by atoms with Gasteiger partial charge in [-0.25, -0.2) is 0 Å². The van der Waals surface area contributed by atoms with E-state index in [0.29, 0.717) is 4.88 Å². The van der Waals surface area contributed by atoms with Crippen LogP contribution < -0.4 is 5.32 Å². The lowest BCUT2D eigenvalue weighted by Crippen LogP contribution is -2.11. The number of carbonyl (C=O) groups is 1. The summed E-state index contributed by atoms with van der Waals surface area (Å²) in [6.07, 6.45) is 2.49. The number of amides is 1. The fourth-order valence-electron chi connectivity index (χ4n) is 1.23. The van der Waals surface area contributed by atoms with E-state index in [2.05, 4.69) is 10.3 Å². The average Bonchev–Trinajstić information content (AvgIpc) is 2.83. The Morgan fingerprint density at radius 2 is 2.29 bits per heavy atom. The summed E-state index contributed by atoms with van der Waals surface area (Å²) in [6, 6.07) is 4.78. The van der Waals surface area contributed by atoms with Gasteiger partial charge in [0.05, 0.1) is 9.80 Å². The van der Waals surface area contributed by atoms with Gasteiger partial charge in [-0.1, -0.05) is 6.07 Å². The normalized spacial score (nSPS) is 9.88. The number of hydrogen-bond acceptors (Lipinski definition) is 5. The van der Waals surface area contributed by atoms with E-state index in [9.17, 15) is 14.9 Å². The molecule has 0 unspecified atom stereocenters. The molecule has 86 valence electrons. The van der Waals surface area contributed by atoms with E-state index in [-0.39, 0.29) is 17.3 Å². The van der Waals surface area contributed by atoms with Crippen LogP contribution in [0.15, 0.2) is 36.0 Å². The Morgan fingerprint density at radius 1 is 1.47 bits per heavy atom. The summed E-state index contributed by atoms with van der Waals surface area (Å²) in [5.41, 5.74) is -0.0826. The van der Waals surface area contributed by atoms with Gasteiger partial charge in [0.2, 0.25) is 0 Å². The molecule has 0 aliphatic carbocycles. The SMILES string of the molecule is O=C(Nc1ccncc1[N+](=O)[O-])c1cccs1. The highest BCUT2D eigenvalue weighted by molar-refractivity contribution is 7.12. The van der Waals surface area contributed by atoms with E-state index in [1.165, 1.54) is 23.6 Å². The first-order valence-electron chi connectivity index (χ1n) is 4.62. The Labute approximate surface area is 100 Å². The van der Waals surface area contributed by atoms with Crippen molar-refractivity contribution >= 4 is 28.6 Å². The monoisotopic (exact) mass is 249 g/mol. The summed E-state index contributed by atoms with van der Waals surface area (Å²) in [6.45, 7) is 0. The largest absolute Gasteiger partial charge is 0.315 e. The number of nitrogens with zero attached hydrogens (tertiary/aromatic N) is 2. The molecule has 0 aliphatic rings. The maximum absolute atomic E-state index is 11.7. The van der Waals surface area contributed by atoms with Crippen LogP contribution in [0.25, 0.3) is 0 Å². The molecule has 0 spiro atoms. The standard InChI is InChI=1S/C10H7N3O3S/c14-10(9-2-1-5-17-9)12-7-3-4-11-6-8(7)13(15)16/h1-6H,(H,11,12,14). The van der Waals surface area contributed by atoms with Gasteiger partial charge in [-0.05, 0) is 17.5 Å². The van der Waals surface area contributed by atoms with E-state index in [4.69, 9.17) is 0 Å². The molecule has 7 heteroatoms. The maximum Gasteiger partial charge on any atom is 0.310 e. The van der Waals surface area contributed by atoms with Crippen molar-refractivity contribution in [1.29, 1.82) is 0 Å². The minimum absolute atomic E-state index is 0.142. The number of thiophene rings is 1. The van der Waals surface area contributed by atoms with Crippen LogP contribution in [-0.4, -0.2) is 15.8 Å². The lowest BCUT2D eigenvalue weighted by molar-refractivity contribution is -0.384. The number of hydrogen-bond donors (Lipinski definition) is 1. The van der Waals surface area contributed by atoms with E-state index in [1.54, 1.807) is 17.5 Å². The average molecular weight is 249 g/mol. The second kappa shape index (κ2) is 4.71. The molecule has 2 rings (SSSR count). The lowest BCUT2D eigenvalue weighted by atomic mass is 10.3. The van der Waals surface area contributed by atoms with E-state index in [0.717, 1.165) is 6.20 Å². The Bertz CT molecular complexity index is 554. The molecule has 1 N–H and O–H groups in total. The third-order valence-electron chi connectivity index (χ3n) is 1.99. The molecule has 2 aromatic rings. The number of nitrogens with one attached hydrogen (secondary N) is 1. The minimum Gasteiger partial charge on any atom is -0.315 e. The molecule has 0 aromatic carbocycles. The van der Waals surface area contributed by atoms with Crippen molar-refractivity contribution in [2.45, 2.75) is 0 Å². The summed E-state index contributed by atoms with van der Waals surface area (Å²) in [4.78, 5) is 26.0. The minimum atomic E-state index is -0.586. The predicted molar refractivity (Wildman–Crippen MR) is 63.2 cm³/mol. The highest BCUT2D eigenvalue weighted by Crippen LogP contribution is 2.23. The summed E-state index contributed by atoms with van der Waals surface area (Å²) in [5.74, 6) is -0.366. The number of pyridine rings is 1. The van der Waals surface area contributed by atoms with Crippen LogP contribution in [0.2, 0.25) is 0 Å². The molecule has 1 amide bonds. The highest BCUT2D eigenvalue weighted by Gasteiger charge is 2.16. The van der Waals surface area contributed by atoms with Crippen LogP contribution in [-0.2, 0) is 0 Å². The molecular formula is C10H7N3O3S. The Balaban J connectivity index is 2.25. The summed E-state index contributed by atoms with van der Waals surface area (Å²) in [5, 5.41) is 15.0. The Kier molecular flexibility index (Phi) is 3.10. The molecule has 0 atom stereocenters. The van der Waals surface area contributed by atoms with Crippen molar-refractivity contribution in [3.8, 4) is 0 Å². The predicted octanol–water partition coefficient (Wildman–Crippen LogP) is 2.30. The summed E-state index contributed by atoms with van der Waals surface area (Å²) < 4.78 is 0. The number of nitro groups is 1. The molecule has 6 nitrogen and oxygen atoms in total. The molecule has 2 aromatic heterocycles. The highest BCUT2D eigenvalue weighted by atomic mass is 32.1. The fourth-order valence-corrected chi connectivity index (χ4v) is 1.85. The van der Waals surface area contributed by atoms with Gasteiger partial charge in [0.1, 0.15) is 11.9 Å². The van der Waals surface area contributed by atoms with Crippen molar-refractivity contribution in [2.24, 2.45) is 0 Å². The molecule has 0 saturated carbocycles. The van der Waals surface area contributed by atoms with Gasteiger partial charge in [0, 0.05) is 6.20 Å². The zero-order chi connectivity index (χ0) is 12.3. The van der Waals surface area contributed by atoms with Crippen molar-refractivity contribution < 1.29 is 9.72 Å². The second-order valence-electron chi connectivity index (χ2n) is 3.08. The zero-order valence-corrected chi connectivity index (χ0v) is 9.31. The van der Waals surface area contributed by atoms with Crippen LogP contribution in [0.4, 0.5) is 11.4 Å². The summed E-state index contributed by atoms with van der Waals surface area (Å²) in [7, 11) is 0. The van der Waals surface area contributed by atoms with Crippen LogP contribution >= 0.6 is 11.3 Å². The number of carbonyl (C=O) groups excluding carboxylic acids is 1. The van der Waals surface area contributed by atoms with Crippen molar-refractivity contribution in [1.82, 2.24) is 4.98 Å². The molecule has 0 radical (unpaired) electrons. The van der Waals surface area contributed by atoms with E-state index >= 15 is 0 Å². The van der Waals surface area contributed by atoms with Crippen molar-refractivity contribution in [2.75, 3.05) is 5.32 Å². The molecular weight excluding hydrogens is 242 g/mol. The molecule has 0 fully saturated rings. The van der Waals surface area contributed by atoms with Gasteiger partial charge in [-0.15, -0.1) is 11.3 Å². The van der Waals surface area contributed by atoms with Gasteiger partial charge in [0.25, 0.3) is 5.91 Å². The number of anilines is 1. The smallest absolute Gasteiger partial charge is 0.310 e. The second-order valence-corrected chi connectivity index (χ2v) is 4.03. The summed E-state index contributed by atoms with van der Waals surface area (Å²) >= 11 is 1.27. The van der Waals surface area contributed by atoms with E-state index < -0.39 is 4.92 Å². The molecule has 2 heterocycles. The lowest BCUT2D eigenvalue weighted by Gasteiger charge is -2.03. The van der Waals surface area contributed by atoms with Gasteiger partial charge in [-0.3, -0.25) is 19.9 Å². The van der Waals surface area contributed by atoms with Crippen molar-refractivity contribution in [3.63, 3.8) is 0 Å². The number of rotatable bonds is 3. The molecule has 0 aliphatic heterocycles. The number of aromatic nitrogens is 1. The molecule has 0 bridgehead atoms. The van der Waals surface area contributed by atoms with Gasteiger partial charge < -0.3 is 5.32 Å². The maximum atomic E-state index is 11.7. The zero-order valence-electron chi connectivity index (χ0n) is 8.49. The molecule has 17 heavy (non-hydrogen) atoms. The first kappa shape index (κ1) is 11.2. The first-order chi connectivity index (χ1) is 8.18. The third-order valence-corrected chi connectivity index (χ3v) is 2.86. The van der Waals surface area contributed by atoms with Gasteiger partial charge in [-0.2, -0.15) is 0 Å². The van der Waals surface area contributed by atoms with Crippen LogP contribution in [0.3, 0.4) is 0 Å². The van der Waals surface area contributed by atoms with Crippen LogP contribution in [0.1, 0.15) is 9.67 Å². The van der Waals surface area contributed by atoms with Crippen LogP contribution in [0, 0.1) is 10.1 Å². The van der Waals surface area contributed by atoms with Crippen molar-refractivity contribution in [3.05, 3.63) is 51.0 Å². The third kappa shape index (κ3) is 2.45. The van der Waals surface area contributed by atoms with E-state index in [1.807, 2.05) is 0 Å². The topological polar surface area (TPSA) is 85.1 Å².